The fourth-order valence-electron chi connectivity index (χ4n) is 3.35. The summed E-state index contributed by atoms with van der Waals surface area (Å²) in [7, 11) is 0. The first-order valence-electron chi connectivity index (χ1n) is 9.23. The molecular weight excluding hydrogens is 322 g/mol. The number of rotatable bonds is 6. The van der Waals surface area contributed by atoms with E-state index in [-0.39, 0.29) is 30.3 Å². The van der Waals surface area contributed by atoms with Gasteiger partial charge in [-0.2, -0.15) is 0 Å². The summed E-state index contributed by atoms with van der Waals surface area (Å²) in [4.78, 5) is 26.4. The maximum Gasteiger partial charge on any atom is 0.273 e. The van der Waals surface area contributed by atoms with Crippen LogP contribution in [0, 0.1) is 0 Å². The molecule has 25 heavy (non-hydrogen) atoms. The van der Waals surface area contributed by atoms with Gasteiger partial charge >= 0.3 is 0 Å². The first-order valence-corrected chi connectivity index (χ1v) is 9.23. The summed E-state index contributed by atoms with van der Waals surface area (Å²) in [6.07, 6.45) is 3.78. The van der Waals surface area contributed by atoms with Crippen molar-refractivity contribution in [2.45, 2.75) is 76.5 Å². The minimum atomic E-state index is -0.579. The van der Waals surface area contributed by atoms with Crippen LogP contribution in [0.25, 0.3) is 0 Å². The Kier molecular flexibility index (Phi) is 5.42. The number of piperidine rings is 1. The highest BCUT2D eigenvalue weighted by atomic mass is 16.5. The zero-order chi connectivity index (χ0) is 18.0. The number of aromatic nitrogens is 1. The van der Waals surface area contributed by atoms with Gasteiger partial charge in [-0.05, 0) is 39.0 Å². The first kappa shape index (κ1) is 17.9. The Morgan fingerprint density at radius 3 is 2.84 bits per heavy atom. The van der Waals surface area contributed by atoms with Gasteiger partial charge in [-0.15, -0.1) is 0 Å². The average molecular weight is 349 g/mol. The van der Waals surface area contributed by atoms with Crippen molar-refractivity contribution in [3.63, 3.8) is 0 Å². The Balaban J connectivity index is 1.50. The number of aliphatic hydroxyl groups excluding tert-OH is 1. The normalized spacial score (nSPS) is 24.8. The monoisotopic (exact) mass is 349 g/mol. The summed E-state index contributed by atoms with van der Waals surface area (Å²) in [5.74, 6) is 1.00. The van der Waals surface area contributed by atoms with Crippen molar-refractivity contribution in [3.05, 3.63) is 17.5 Å². The Morgan fingerprint density at radius 1 is 1.44 bits per heavy atom. The molecule has 1 unspecified atom stereocenters. The lowest BCUT2D eigenvalue weighted by Gasteiger charge is -2.38. The van der Waals surface area contributed by atoms with Gasteiger partial charge < -0.3 is 19.8 Å². The third-order valence-electron chi connectivity index (χ3n) is 5.15. The average Bonchev–Trinajstić information content (AvgIpc) is 3.31. The third kappa shape index (κ3) is 4.39. The number of nitrogens with one attached hydrogen (secondary N) is 1. The van der Waals surface area contributed by atoms with Gasteiger partial charge in [0.2, 0.25) is 5.91 Å². The number of likely N-dealkylation sites (tertiary alicyclic amines) is 1. The van der Waals surface area contributed by atoms with Gasteiger partial charge in [-0.25, -0.2) is 0 Å². The van der Waals surface area contributed by atoms with E-state index in [4.69, 9.17) is 4.52 Å². The summed E-state index contributed by atoms with van der Waals surface area (Å²) < 4.78 is 5.23. The molecule has 7 heteroatoms. The van der Waals surface area contributed by atoms with E-state index in [2.05, 4.69) is 10.5 Å². The van der Waals surface area contributed by atoms with Crippen molar-refractivity contribution in [2.24, 2.45) is 0 Å². The van der Waals surface area contributed by atoms with Gasteiger partial charge in [0.05, 0.1) is 12.5 Å². The molecule has 3 rings (SSSR count). The third-order valence-corrected chi connectivity index (χ3v) is 5.15. The lowest BCUT2D eigenvalue weighted by atomic mass is 9.97. The highest BCUT2D eigenvalue weighted by Crippen LogP contribution is 2.40. The van der Waals surface area contributed by atoms with Crippen molar-refractivity contribution in [3.8, 4) is 0 Å². The van der Waals surface area contributed by atoms with E-state index < -0.39 is 6.10 Å². The topological polar surface area (TPSA) is 95.7 Å². The predicted octanol–water partition coefficient (Wildman–Crippen LogP) is 1.82. The summed E-state index contributed by atoms with van der Waals surface area (Å²) in [6.45, 7) is 4.44. The highest BCUT2D eigenvalue weighted by molar-refractivity contribution is 5.92. The molecule has 138 valence electrons. The summed E-state index contributed by atoms with van der Waals surface area (Å²) in [6, 6.07) is 1.79. The Hall–Kier alpha value is -1.89. The second-order valence-electron chi connectivity index (χ2n) is 7.29. The second-order valence-corrected chi connectivity index (χ2v) is 7.29. The van der Waals surface area contributed by atoms with Gasteiger partial charge in [0.15, 0.2) is 5.69 Å². The number of nitrogens with zero attached hydrogens (tertiary/aromatic N) is 2. The van der Waals surface area contributed by atoms with Gasteiger partial charge in [0.25, 0.3) is 5.91 Å². The Labute approximate surface area is 147 Å². The van der Waals surface area contributed by atoms with Gasteiger partial charge in [0, 0.05) is 30.6 Å². The van der Waals surface area contributed by atoms with Crippen LogP contribution in [0.15, 0.2) is 10.6 Å². The minimum absolute atomic E-state index is 0.0165. The van der Waals surface area contributed by atoms with Crippen LogP contribution in [0.1, 0.15) is 74.5 Å². The van der Waals surface area contributed by atoms with Gasteiger partial charge in [0.1, 0.15) is 5.76 Å². The van der Waals surface area contributed by atoms with Crippen LogP contribution < -0.4 is 5.32 Å². The fourth-order valence-corrected chi connectivity index (χ4v) is 3.35. The fraction of sp³-hybridized carbons (Fsp3) is 0.722. The zero-order valence-corrected chi connectivity index (χ0v) is 14.9. The second kappa shape index (κ2) is 7.56. The molecule has 0 spiro atoms. The summed E-state index contributed by atoms with van der Waals surface area (Å²) >= 11 is 0. The van der Waals surface area contributed by atoms with Crippen LogP contribution in [0.2, 0.25) is 0 Å². The van der Waals surface area contributed by atoms with Crippen LogP contribution in [0.4, 0.5) is 0 Å². The predicted molar refractivity (Wildman–Crippen MR) is 91.1 cm³/mol. The molecule has 1 aliphatic carbocycles. The SMILES string of the molecule is CCC(O)CC(=O)N1CC[C@@H](NC(=O)c2cc(C3CC3)on2)C[C@H]1C. The maximum atomic E-state index is 12.3. The van der Waals surface area contributed by atoms with Gasteiger partial charge in [-0.3, -0.25) is 9.59 Å². The summed E-state index contributed by atoms with van der Waals surface area (Å²) in [5, 5.41) is 16.5. The molecule has 1 aromatic heterocycles. The molecule has 1 aromatic rings. The van der Waals surface area contributed by atoms with Crippen molar-refractivity contribution < 1.29 is 19.2 Å². The molecule has 7 nitrogen and oxygen atoms in total. The van der Waals surface area contributed by atoms with E-state index in [1.807, 2.05) is 18.7 Å². The van der Waals surface area contributed by atoms with E-state index in [1.54, 1.807) is 6.07 Å². The molecule has 1 saturated heterocycles. The highest BCUT2D eigenvalue weighted by Gasteiger charge is 2.32. The van der Waals surface area contributed by atoms with Crippen molar-refractivity contribution in [1.29, 1.82) is 0 Å². The van der Waals surface area contributed by atoms with Crippen molar-refractivity contribution in [2.75, 3.05) is 6.54 Å². The van der Waals surface area contributed by atoms with Crippen molar-refractivity contribution >= 4 is 11.8 Å². The molecular formula is C18H27N3O4. The molecule has 2 aliphatic rings. The molecule has 0 bridgehead atoms. The Bertz CT molecular complexity index is 626. The van der Waals surface area contributed by atoms with E-state index in [1.165, 1.54) is 0 Å². The van der Waals surface area contributed by atoms with Crippen LogP contribution in [-0.4, -0.2) is 51.7 Å². The number of hydrogen-bond acceptors (Lipinski definition) is 5. The van der Waals surface area contributed by atoms with Crippen LogP contribution in [-0.2, 0) is 4.79 Å². The maximum absolute atomic E-state index is 12.3. The summed E-state index contributed by atoms with van der Waals surface area (Å²) in [5.41, 5.74) is 0.333. The van der Waals surface area contributed by atoms with Crippen molar-refractivity contribution in [1.82, 2.24) is 15.4 Å². The smallest absolute Gasteiger partial charge is 0.273 e. The van der Waals surface area contributed by atoms with E-state index in [0.717, 1.165) is 18.6 Å². The standard InChI is InChI=1S/C18H27N3O4/c1-3-14(22)9-17(23)21-7-6-13(8-11(21)2)19-18(24)15-10-16(25-20-15)12-4-5-12/h10-14,22H,3-9H2,1-2H3,(H,19,24)/t11-,13-,14?/m1/s1. The lowest BCUT2D eigenvalue weighted by molar-refractivity contribution is -0.136. The molecule has 0 aromatic carbocycles. The van der Waals surface area contributed by atoms with Crippen LogP contribution in [0.3, 0.4) is 0 Å². The number of carbonyl (C=O) groups is 2. The van der Waals surface area contributed by atoms with Crippen LogP contribution >= 0.6 is 0 Å². The Morgan fingerprint density at radius 2 is 2.20 bits per heavy atom. The minimum Gasteiger partial charge on any atom is -0.393 e. The number of amides is 2. The number of hydrogen-bond donors (Lipinski definition) is 2. The molecule has 2 N–H and O–H groups in total. The molecule has 2 fully saturated rings. The molecule has 2 heterocycles. The van der Waals surface area contributed by atoms with Gasteiger partial charge in [-0.1, -0.05) is 12.1 Å². The lowest BCUT2D eigenvalue weighted by Crippen LogP contribution is -2.51. The first-order chi connectivity index (χ1) is 12.0. The quantitative estimate of drug-likeness (QED) is 0.817. The van der Waals surface area contributed by atoms with E-state index >= 15 is 0 Å². The number of carbonyl (C=O) groups excluding carboxylic acids is 2. The number of aliphatic hydroxyl groups is 1. The molecule has 1 saturated carbocycles. The molecule has 1 aliphatic heterocycles. The van der Waals surface area contributed by atoms with E-state index in [9.17, 15) is 14.7 Å². The molecule has 3 atom stereocenters. The molecule has 0 radical (unpaired) electrons. The largest absolute Gasteiger partial charge is 0.393 e. The van der Waals surface area contributed by atoms with E-state index in [0.29, 0.717) is 37.4 Å². The van der Waals surface area contributed by atoms with Crippen LogP contribution in [0.5, 0.6) is 0 Å². The zero-order valence-electron chi connectivity index (χ0n) is 14.9. The molecule has 2 amide bonds.